The molecule has 160 valence electrons. The summed E-state index contributed by atoms with van der Waals surface area (Å²) >= 11 is 0. The Balaban J connectivity index is 1.56. The molecule has 1 aliphatic rings. The van der Waals surface area contributed by atoms with E-state index in [-0.39, 0.29) is 6.17 Å². The van der Waals surface area contributed by atoms with Gasteiger partial charge in [-0.25, -0.2) is 0 Å². The molecule has 0 atom stereocenters. The van der Waals surface area contributed by atoms with Gasteiger partial charge in [0, 0.05) is 46.0 Å². The molecular formula is C28H33N3. The fourth-order valence-electron chi connectivity index (χ4n) is 4.28. The molecule has 0 N–H and O–H groups in total. The summed E-state index contributed by atoms with van der Waals surface area (Å²) in [6, 6.07) is 30.4. The average Bonchev–Trinajstić information content (AvgIpc) is 2.80. The van der Waals surface area contributed by atoms with Crippen LogP contribution in [-0.2, 0) is 13.1 Å². The van der Waals surface area contributed by atoms with E-state index in [0.717, 1.165) is 26.2 Å². The number of benzene rings is 3. The summed E-state index contributed by atoms with van der Waals surface area (Å²) in [5, 5.41) is 0. The van der Waals surface area contributed by atoms with Gasteiger partial charge in [-0.3, -0.25) is 9.80 Å². The first kappa shape index (κ1) is 21.4. The zero-order valence-corrected chi connectivity index (χ0v) is 18.7. The maximum Gasteiger partial charge on any atom is 0.0824 e. The Bertz CT molecular complexity index is 899. The van der Waals surface area contributed by atoms with Gasteiger partial charge in [0.25, 0.3) is 0 Å². The van der Waals surface area contributed by atoms with E-state index in [4.69, 9.17) is 0 Å². The lowest BCUT2D eigenvalue weighted by Crippen LogP contribution is -2.51. The van der Waals surface area contributed by atoms with Crippen LogP contribution >= 0.6 is 0 Å². The van der Waals surface area contributed by atoms with Gasteiger partial charge in [-0.05, 0) is 35.2 Å². The van der Waals surface area contributed by atoms with E-state index in [9.17, 15) is 0 Å². The Labute approximate surface area is 187 Å². The molecule has 0 aliphatic carbocycles. The van der Waals surface area contributed by atoms with Crippen LogP contribution in [-0.4, -0.2) is 43.2 Å². The first-order valence-corrected chi connectivity index (χ1v) is 11.2. The molecule has 0 spiro atoms. The summed E-state index contributed by atoms with van der Waals surface area (Å²) in [5.41, 5.74) is 5.22. The summed E-state index contributed by atoms with van der Waals surface area (Å²) < 4.78 is 0. The van der Waals surface area contributed by atoms with Crippen molar-refractivity contribution >= 4 is 11.8 Å². The third kappa shape index (κ3) is 5.84. The van der Waals surface area contributed by atoms with E-state index in [1.807, 2.05) is 0 Å². The van der Waals surface area contributed by atoms with Crippen LogP contribution in [0.5, 0.6) is 0 Å². The number of hydrogen-bond acceptors (Lipinski definition) is 3. The third-order valence-corrected chi connectivity index (χ3v) is 5.97. The summed E-state index contributed by atoms with van der Waals surface area (Å²) in [6.45, 7) is 4.19. The predicted octanol–water partition coefficient (Wildman–Crippen LogP) is 5.50. The SMILES string of the molecule is CN(C)c1ccc(/C=C/C2N(Cc3ccccc3)CCCN2Cc2ccccc2)cc1. The minimum atomic E-state index is 0.280. The minimum Gasteiger partial charge on any atom is -0.378 e. The normalized spacial score (nSPS) is 16.1. The lowest BCUT2D eigenvalue weighted by molar-refractivity contribution is 0.0236. The first-order chi connectivity index (χ1) is 15.2. The highest BCUT2D eigenvalue weighted by Gasteiger charge is 2.27. The zero-order chi connectivity index (χ0) is 21.5. The summed E-state index contributed by atoms with van der Waals surface area (Å²) in [5.74, 6) is 0. The lowest BCUT2D eigenvalue weighted by Gasteiger charge is -2.42. The van der Waals surface area contributed by atoms with Gasteiger partial charge in [-0.15, -0.1) is 0 Å². The molecule has 4 rings (SSSR count). The van der Waals surface area contributed by atoms with Gasteiger partial charge in [0.2, 0.25) is 0 Å². The molecule has 3 nitrogen and oxygen atoms in total. The van der Waals surface area contributed by atoms with Crippen molar-refractivity contribution in [3.05, 3.63) is 108 Å². The average molecular weight is 412 g/mol. The Morgan fingerprint density at radius 1 is 0.742 bits per heavy atom. The smallest absolute Gasteiger partial charge is 0.0824 e. The fraction of sp³-hybridized carbons (Fsp3) is 0.286. The van der Waals surface area contributed by atoms with E-state index in [2.05, 4.69) is 126 Å². The van der Waals surface area contributed by atoms with Crippen LogP contribution in [0.25, 0.3) is 6.08 Å². The number of nitrogens with zero attached hydrogens (tertiary/aromatic N) is 3. The summed E-state index contributed by atoms with van der Waals surface area (Å²) in [6.07, 6.45) is 6.14. The molecule has 0 unspecified atom stereocenters. The molecule has 1 heterocycles. The molecule has 1 saturated heterocycles. The quantitative estimate of drug-likeness (QED) is 0.508. The maximum absolute atomic E-state index is 2.60. The van der Waals surface area contributed by atoms with E-state index in [1.54, 1.807) is 0 Å². The van der Waals surface area contributed by atoms with Gasteiger partial charge >= 0.3 is 0 Å². The van der Waals surface area contributed by atoms with Crippen molar-refractivity contribution in [2.75, 3.05) is 32.1 Å². The van der Waals surface area contributed by atoms with Crippen molar-refractivity contribution in [2.24, 2.45) is 0 Å². The Morgan fingerprint density at radius 2 is 1.26 bits per heavy atom. The lowest BCUT2D eigenvalue weighted by atomic mass is 10.1. The Morgan fingerprint density at radius 3 is 1.74 bits per heavy atom. The molecule has 0 radical (unpaired) electrons. The van der Waals surface area contributed by atoms with Crippen LogP contribution in [0.15, 0.2) is 91.0 Å². The van der Waals surface area contributed by atoms with E-state index >= 15 is 0 Å². The molecule has 3 aromatic carbocycles. The molecule has 0 saturated carbocycles. The minimum absolute atomic E-state index is 0.280. The molecule has 3 heteroatoms. The van der Waals surface area contributed by atoms with E-state index in [0.29, 0.717) is 0 Å². The van der Waals surface area contributed by atoms with Crippen molar-refractivity contribution in [1.82, 2.24) is 9.80 Å². The monoisotopic (exact) mass is 411 g/mol. The summed E-state index contributed by atoms with van der Waals surface area (Å²) in [7, 11) is 4.16. The van der Waals surface area contributed by atoms with E-state index in [1.165, 1.54) is 28.8 Å². The zero-order valence-electron chi connectivity index (χ0n) is 18.7. The highest BCUT2D eigenvalue weighted by atomic mass is 15.4. The number of hydrogen-bond donors (Lipinski definition) is 0. The van der Waals surface area contributed by atoms with Crippen molar-refractivity contribution in [2.45, 2.75) is 25.7 Å². The molecule has 1 aliphatic heterocycles. The van der Waals surface area contributed by atoms with Gasteiger partial charge in [-0.2, -0.15) is 0 Å². The van der Waals surface area contributed by atoms with Crippen molar-refractivity contribution in [3.8, 4) is 0 Å². The molecule has 1 fully saturated rings. The second kappa shape index (κ2) is 10.4. The highest BCUT2D eigenvalue weighted by Crippen LogP contribution is 2.22. The van der Waals surface area contributed by atoms with Crippen LogP contribution in [0.4, 0.5) is 5.69 Å². The van der Waals surface area contributed by atoms with Crippen LogP contribution in [0, 0.1) is 0 Å². The van der Waals surface area contributed by atoms with Gasteiger partial charge in [0.1, 0.15) is 0 Å². The predicted molar refractivity (Wildman–Crippen MR) is 132 cm³/mol. The molecule has 0 aromatic heterocycles. The van der Waals surface area contributed by atoms with Crippen molar-refractivity contribution < 1.29 is 0 Å². The first-order valence-electron chi connectivity index (χ1n) is 11.2. The molecule has 31 heavy (non-hydrogen) atoms. The van der Waals surface area contributed by atoms with Gasteiger partial charge in [0.15, 0.2) is 0 Å². The highest BCUT2D eigenvalue weighted by molar-refractivity contribution is 5.55. The van der Waals surface area contributed by atoms with Crippen LogP contribution in [0.2, 0.25) is 0 Å². The topological polar surface area (TPSA) is 9.72 Å². The van der Waals surface area contributed by atoms with Crippen LogP contribution in [0.3, 0.4) is 0 Å². The third-order valence-electron chi connectivity index (χ3n) is 5.97. The second-order valence-electron chi connectivity index (χ2n) is 8.52. The number of rotatable bonds is 7. The van der Waals surface area contributed by atoms with Gasteiger partial charge < -0.3 is 4.90 Å². The van der Waals surface area contributed by atoms with Crippen molar-refractivity contribution in [3.63, 3.8) is 0 Å². The van der Waals surface area contributed by atoms with Crippen LogP contribution in [0.1, 0.15) is 23.1 Å². The Kier molecular flexibility index (Phi) is 7.18. The Hall–Kier alpha value is -2.88. The maximum atomic E-state index is 2.60. The standard InChI is InChI=1S/C28H33N3/c1-29(2)27-17-14-24(15-18-27)16-19-28-30(22-25-10-5-3-6-11-25)20-9-21-31(28)23-26-12-7-4-8-13-26/h3-8,10-19,28H,9,20-23H2,1-2H3/b19-16+. The van der Waals surface area contributed by atoms with Gasteiger partial charge in [0.05, 0.1) is 6.17 Å². The van der Waals surface area contributed by atoms with Crippen molar-refractivity contribution in [1.29, 1.82) is 0 Å². The molecule has 0 bridgehead atoms. The second-order valence-corrected chi connectivity index (χ2v) is 8.52. The molecule has 3 aromatic rings. The largest absolute Gasteiger partial charge is 0.378 e. The molecular weight excluding hydrogens is 378 g/mol. The molecule has 0 amide bonds. The fourth-order valence-corrected chi connectivity index (χ4v) is 4.28. The van der Waals surface area contributed by atoms with Gasteiger partial charge in [-0.1, -0.05) is 84.9 Å². The number of anilines is 1. The summed E-state index contributed by atoms with van der Waals surface area (Å²) in [4.78, 5) is 7.34. The van der Waals surface area contributed by atoms with E-state index < -0.39 is 0 Å². The van der Waals surface area contributed by atoms with Crippen LogP contribution < -0.4 is 4.90 Å².